The van der Waals surface area contributed by atoms with Crippen LogP contribution in [-0.4, -0.2) is 28.4 Å². The molecule has 0 saturated carbocycles. The summed E-state index contributed by atoms with van der Waals surface area (Å²) in [7, 11) is 0. The van der Waals surface area contributed by atoms with Gasteiger partial charge in [0.2, 0.25) is 5.91 Å². The molecule has 4 aromatic rings. The van der Waals surface area contributed by atoms with E-state index in [-0.39, 0.29) is 27.5 Å². The van der Waals surface area contributed by atoms with Gasteiger partial charge in [0, 0.05) is 28.3 Å². The summed E-state index contributed by atoms with van der Waals surface area (Å²) in [5, 5.41) is 17.5. The molecule has 0 spiro atoms. The molecule has 3 amide bonds. The summed E-state index contributed by atoms with van der Waals surface area (Å²) in [6, 6.07) is 18.7. The number of benzene rings is 4. The number of carbonyl (C=O) groups is 3. The maximum atomic E-state index is 14.2. The second-order valence-corrected chi connectivity index (χ2v) is 10.6. The quantitative estimate of drug-likeness (QED) is 0.0399. The van der Waals surface area contributed by atoms with Gasteiger partial charge in [0.05, 0.1) is 10.7 Å². The number of hydrogen-bond acceptors (Lipinski definition) is 6. The highest BCUT2D eigenvalue weighted by atomic mass is 32.2. The van der Waals surface area contributed by atoms with Crippen LogP contribution in [0.25, 0.3) is 6.08 Å². The Morgan fingerprint density at radius 1 is 0.812 bits per heavy atom. The average molecular weight is 693 g/mol. The van der Waals surface area contributed by atoms with Crippen molar-refractivity contribution < 1.29 is 50.0 Å². The van der Waals surface area contributed by atoms with Gasteiger partial charge in [-0.3, -0.25) is 24.5 Å². The smallest absolute Gasteiger partial charge is 0.321 e. The van der Waals surface area contributed by atoms with E-state index in [4.69, 9.17) is 0 Å². The van der Waals surface area contributed by atoms with Gasteiger partial charge >= 0.3 is 6.18 Å². The monoisotopic (exact) mass is 692 g/mol. The van der Waals surface area contributed by atoms with E-state index >= 15 is 0 Å². The van der Waals surface area contributed by atoms with E-state index in [1.807, 2.05) is 0 Å². The summed E-state index contributed by atoms with van der Waals surface area (Å²) in [5.41, 5.74) is -4.30. The normalized spacial score (nSPS) is 11.5. The van der Waals surface area contributed by atoms with Crippen LogP contribution in [0.15, 0.2) is 89.5 Å². The number of anilines is 2. The summed E-state index contributed by atoms with van der Waals surface area (Å²) < 4.78 is 94.5. The number of hydrogen-bond donors (Lipinski definition) is 3. The molecule has 3 N–H and O–H groups in total. The summed E-state index contributed by atoms with van der Waals surface area (Å²) in [6.07, 6.45) is -4.47. The lowest BCUT2D eigenvalue weighted by Gasteiger charge is -2.14. The van der Waals surface area contributed by atoms with Crippen molar-refractivity contribution in [3.63, 3.8) is 0 Å². The van der Waals surface area contributed by atoms with Crippen LogP contribution >= 0.6 is 11.8 Å². The van der Waals surface area contributed by atoms with E-state index in [2.05, 4.69) is 10.6 Å². The van der Waals surface area contributed by atoms with Crippen molar-refractivity contribution in [1.82, 2.24) is 5.32 Å². The van der Waals surface area contributed by atoms with E-state index in [0.717, 1.165) is 11.8 Å². The van der Waals surface area contributed by atoms with Crippen molar-refractivity contribution in [3.8, 4) is 0 Å². The molecule has 0 saturated heterocycles. The first-order valence-corrected chi connectivity index (χ1v) is 14.2. The summed E-state index contributed by atoms with van der Waals surface area (Å²) in [5.74, 6) is -13.7. The Bertz CT molecular complexity index is 1890. The van der Waals surface area contributed by atoms with E-state index in [1.165, 1.54) is 72.1 Å². The molecule has 248 valence electrons. The molecule has 0 radical (unpaired) electrons. The number of rotatable bonds is 10. The van der Waals surface area contributed by atoms with Crippen LogP contribution in [0.3, 0.4) is 0 Å². The number of nitrogens with one attached hydrogen (secondary N) is 3. The Balaban J connectivity index is 1.49. The molecule has 0 aliphatic carbocycles. The molecule has 0 atom stereocenters. The first-order chi connectivity index (χ1) is 22.6. The third-order valence-electron chi connectivity index (χ3n) is 6.22. The Morgan fingerprint density at radius 3 is 2.02 bits per heavy atom. The number of halogens is 7. The fourth-order valence-electron chi connectivity index (χ4n) is 3.98. The van der Waals surface area contributed by atoms with Crippen LogP contribution < -0.4 is 16.0 Å². The molecule has 4 aromatic carbocycles. The van der Waals surface area contributed by atoms with Crippen molar-refractivity contribution in [3.05, 3.63) is 135 Å². The topological polar surface area (TPSA) is 130 Å². The largest absolute Gasteiger partial charge is 0.422 e. The highest BCUT2D eigenvalue weighted by Gasteiger charge is 2.42. The molecular formula is C31H19F7N4O5S. The van der Waals surface area contributed by atoms with Crippen LogP contribution in [0.1, 0.15) is 21.5 Å². The van der Waals surface area contributed by atoms with E-state index in [9.17, 15) is 55.2 Å². The minimum absolute atomic E-state index is 0.137. The SMILES string of the molecule is O=C(CSc1cccc(NC(=O)/C(=C\c2ccc([N+](=O)[O-])cc2)NC(=O)c2ccccc2)c1)Nc1c(F)c(F)c(C(F)(F)F)c(F)c1F. The zero-order valence-electron chi connectivity index (χ0n) is 23.8. The predicted octanol–water partition coefficient (Wildman–Crippen LogP) is 7.31. The number of nitro benzene ring substituents is 1. The van der Waals surface area contributed by atoms with Crippen molar-refractivity contribution >= 4 is 52.6 Å². The maximum Gasteiger partial charge on any atom is 0.422 e. The zero-order valence-corrected chi connectivity index (χ0v) is 24.6. The third-order valence-corrected chi connectivity index (χ3v) is 7.21. The molecule has 0 heterocycles. The lowest BCUT2D eigenvalue weighted by Crippen LogP contribution is -2.30. The van der Waals surface area contributed by atoms with Gasteiger partial charge in [0.25, 0.3) is 17.5 Å². The predicted molar refractivity (Wildman–Crippen MR) is 161 cm³/mol. The first-order valence-electron chi connectivity index (χ1n) is 13.3. The number of nitrogens with zero attached hydrogens (tertiary/aromatic N) is 1. The molecule has 0 aromatic heterocycles. The maximum absolute atomic E-state index is 14.2. The molecule has 0 aliphatic heterocycles. The van der Waals surface area contributed by atoms with Crippen molar-refractivity contribution in [2.24, 2.45) is 0 Å². The molecule has 0 aliphatic rings. The van der Waals surface area contributed by atoms with Gasteiger partial charge in [0.15, 0.2) is 23.3 Å². The molecule has 0 unspecified atom stereocenters. The molecule has 4 rings (SSSR count). The van der Waals surface area contributed by atoms with Crippen molar-refractivity contribution in [1.29, 1.82) is 0 Å². The molecule has 17 heteroatoms. The number of thioether (sulfide) groups is 1. The Morgan fingerprint density at radius 2 is 1.44 bits per heavy atom. The zero-order chi connectivity index (χ0) is 35.2. The van der Waals surface area contributed by atoms with Crippen LogP contribution in [0.2, 0.25) is 0 Å². The van der Waals surface area contributed by atoms with Gasteiger partial charge in [-0.15, -0.1) is 11.8 Å². The number of amides is 3. The minimum atomic E-state index is -5.75. The van der Waals surface area contributed by atoms with Crippen LogP contribution in [-0.2, 0) is 15.8 Å². The molecule has 0 bridgehead atoms. The highest BCUT2D eigenvalue weighted by molar-refractivity contribution is 8.00. The van der Waals surface area contributed by atoms with Crippen molar-refractivity contribution in [2.75, 3.05) is 16.4 Å². The molecular weight excluding hydrogens is 673 g/mol. The standard InChI is InChI=1S/C31H19F7N4O5S/c32-24-23(31(36,37)38)25(33)27(35)28(26(24)34)41-22(43)15-48-20-8-4-7-18(14-20)39-30(45)21(40-29(44)17-5-2-1-3-6-17)13-16-9-11-19(12-10-16)42(46)47/h1-14H,15H2,(H,39,45)(H,40,44)(H,41,43)/b21-13+. The lowest BCUT2D eigenvalue weighted by molar-refractivity contribution is -0.384. The fraction of sp³-hybridized carbons (Fsp3) is 0.0645. The molecule has 9 nitrogen and oxygen atoms in total. The number of nitro groups is 1. The van der Waals surface area contributed by atoms with Gasteiger partial charge in [-0.2, -0.15) is 13.2 Å². The fourth-order valence-corrected chi connectivity index (χ4v) is 4.73. The second-order valence-electron chi connectivity index (χ2n) is 9.55. The molecule has 0 fully saturated rings. The first kappa shape index (κ1) is 35.1. The molecule has 48 heavy (non-hydrogen) atoms. The van der Waals surface area contributed by atoms with Crippen LogP contribution in [0, 0.1) is 33.4 Å². The van der Waals surface area contributed by atoms with E-state index in [0.29, 0.717) is 5.56 Å². The third kappa shape index (κ3) is 8.55. The second kappa shape index (κ2) is 14.8. The number of alkyl halides is 3. The Labute approximate surface area is 270 Å². The highest BCUT2D eigenvalue weighted by Crippen LogP contribution is 2.38. The Hall–Kier alpha value is -5.71. The Kier molecular flexibility index (Phi) is 10.8. The van der Waals surface area contributed by atoms with Crippen molar-refractivity contribution in [2.45, 2.75) is 11.1 Å². The van der Waals surface area contributed by atoms with E-state index < -0.39 is 69.1 Å². The average Bonchev–Trinajstić information content (AvgIpc) is 3.04. The van der Waals surface area contributed by atoms with Gasteiger partial charge in [-0.25, -0.2) is 17.6 Å². The van der Waals surface area contributed by atoms with Gasteiger partial charge < -0.3 is 16.0 Å². The van der Waals surface area contributed by atoms with Gasteiger partial charge in [0.1, 0.15) is 16.9 Å². The van der Waals surface area contributed by atoms with Crippen LogP contribution in [0.5, 0.6) is 0 Å². The lowest BCUT2D eigenvalue weighted by atomic mass is 10.1. The summed E-state index contributed by atoms with van der Waals surface area (Å²) >= 11 is 0.724. The summed E-state index contributed by atoms with van der Waals surface area (Å²) in [6.45, 7) is 0. The minimum Gasteiger partial charge on any atom is -0.321 e. The van der Waals surface area contributed by atoms with Crippen LogP contribution in [0.4, 0.5) is 47.8 Å². The van der Waals surface area contributed by atoms with Gasteiger partial charge in [-0.05, 0) is 54.1 Å². The van der Waals surface area contributed by atoms with E-state index in [1.54, 1.807) is 18.2 Å². The number of non-ortho nitro benzene ring substituents is 1. The van der Waals surface area contributed by atoms with Gasteiger partial charge in [-0.1, -0.05) is 24.3 Å². The number of carbonyl (C=O) groups excluding carboxylic acids is 3. The summed E-state index contributed by atoms with van der Waals surface area (Å²) in [4.78, 5) is 49.1.